The lowest BCUT2D eigenvalue weighted by Gasteiger charge is -2.32. The number of unbranched alkanes of at least 4 members (excludes halogenated alkanes) is 1. The number of aliphatic imine (C=N–C) groups is 1. The summed E-state index contributed by atoms with van der Waals surface area (Å²) in [5.74, 6) is -2.74. The maximum absolute atomic E-state index is 14.2. The number of hydrogen-bond acceptors (Lipinski definition) is 5. The lowest BCUT2D eigenvalue weighted by molar-refractivity contribution is -0.128. The molecule has 194 valence electrons. The average molecular weight is 506 g/mol. The van der Waals surface area contributed by atoms with Gasteiger partial charge in [-0.3, -0.25) is 9.79 Å². The summed E-state index contributed by atoms with van der Waals surface area (Å²) in [6.45, 7) is 2.00. The van der Waals surface area contributed by atoms with Gasteiger partial charge in [0.25, 0.3) is 0 Å². The van der Waals surface area contributed by atoms with Crippen LogP contribution in [0.4, 0.5) is 14.5 Å². The normalized spacial score (nSPS) is 19.0. The van der Waals surface area contributed by atoms with Crippen molar-refractivity contribution < 1.29 is 18.7 Å². The molecule has 3 N–H and O–H groups in total. The summed E-state index contributed by atoms with van der Waals surface area (Å²) in [4.78, 5) is 20.9. The van der Waals surface area contributed by atoms with Crippen LogP contribution < -0.4 is 10.6 Å². The fourth-order valence-corrected chi connectivity index (χ4v) is 4.94. The Hall–Kier alpha value is -3.42. The summed E-state index contributed by atoms with van der Waals surface area (Å²) in [5, 5.41) is 11.1. The number of likely N-dealkylation sites (N-methyl/N-ethyl adjacent to an activating group) is 1. The predicted molar refractivity (Wildman–Crippen MR) is 143 cm³/mol. The molecule has 4 atom stereocenters. The van der Waals surface area contributed by atoms with E-state index >= 15 is 0 Å². The SMILES string of the molecule is CCCCC(O)C(Cc1cc(F)cc(F)c1)C(=O)[C@H]1N=C(c2ccccc2)c2ccccc2N(C)C1N. The molecule has 0 aliphatic carbocycles. The number of ketones is 1. The number of nitrogens with zero attached hydrogens (tertiary/aromatic N) is 2. The summed E-state index contributed by atoms with van der Waals surface area (Å²) in [6.07, 6.45) is 0.108. The second kappa shape index (κ2) is 11.8. The first-order valence-corrected chi connectivity index (χ1v) is 12.7. The Morgan fingerprint density at radius 3 is 2.38 bits per heavy atom. The Bertz CT molecular complexity index is 1240. The predicted octanol–water partition coefficient (Wildman–Crippen LogP) is 4.88. The van der Waals surface area contributed by atoms with Crippen LogP contribution in [0.2, 0.25) is 0 Å². The molecule has 37 heavy (non-hydrogen) atoms. The van der Waals surface area contributed by atoms with Gasteiger partial charge in [-0.15, -0.1) is 0 Å². The van der Waals surface area contributed by atoms with Gasteiger partial charge in [0.15, 0.2) is 5.78 Å². The van der Waals surface area contributed by atoms with E-state index < -0.39 is 35.9 Å². The van der Waals surface area contributed by atoms with Crippen molar-refractivity contribution in [2.24, 2.45) is 16.6 Å². The van der Waals surface area contributed by atoms with Crippen LogP contribution in [0.1, 0.15) is 42.9 Å². The van der Waals surface area contributed by atoms with Gasteiger partial charge in [-0.25, -0.2) is 8.78 Å². The molecule has 1 heterocycles. The number of anilines is 1. The first-order chi connectivity index (χ1) is 17.8. The number of benzene rings is 3. The van der Waals surface area contributed by atoms with Crippen LogP contribution in [0, 0.1) is 17.6 Å². The number of benzodiazepines with no additional fused rings is 1. The highest BCUT2D eigenvalue weighted by Gasteiger charge is 2.39. The van der Waals surface area contributed by atoms with E-state index in [0.29, 0.717) is 24.1 Å². The Morgan fingerprint density at radius 2 is 1.70 bits per heavy atom. The standard InChI is InChI=1S/C30H33F2N3O2/c1-3-4-14-26(36)24(17-19-15-21(31)18-22(32)16-19)29(37)28-30(33)35(2)25-13-9-8-12-23(25)27(34-28)20-10-6-5-7-11-20/h5-13,15-16,18,24,26,28,30,36H,3-4,14,17,33H2,1-2H3/t24?,26?,28-,30?/m1/s1. The summed E-state index contributed by atoms with van der Waals surface area (Å²) in [6, 6.07) is 19.4. The molecule has 0 saturated heterocycles. The molecular weight excluding hydrogens is 472 g/mol. The lowest BCUT2D eigenvalue weighted by atomic mass is 9.84. The van der Waals surface area contributed by atoms with Crippen molar-refractivity contribution in [3.8, 4) is 0 Å². The molecule has 3 aromatic rings. The van der Waals surface area contributed by atoms with Crippen molar-refractivity contribution in [3.63, 3.8) is 0 Å². The fourth-order valence-electron chi connectivity index (χ4n) is 4.94. The second-order valence-electron chi connectivity index (χ2n) is 9.61. The molecule has 0 radical (unpaired) electrons. The van der Waals surface area contributed by atoms with Crippen LogP contribution in [-0.2, 0) is 11.2 Å². The van der Waals surface area contributed by atoms with Gasteiger partial charge in [0.05, 0.1) is 17.7 Å². The first-order valence-electron chi connectivity index (χ1n) is 12.7. The smallest absolute Gasteiger partial charge is 0.166 e. The number of aliphatic hydroxyl groups is 1. The number of halogens is 2. The van der Waals surface area contributed by atoms with E-state index in [1.54, 1.807) is 0 Å². The molecule has 3 unspecified atom stereocenters. The fraction of sp³-hybridized carbons (Fsp3) is 0.333. The van der Waals surface area contributed by atoms with Crippen molar-refractivity contribution >= 4 is 17.2 Å². The van der Waals surface area contributed by atoms with E-state index in [2.05, 4.69) is 0 Å². The zero-order valence-electron chi connectivity index (χ0n) is 21.1. The van der Waals surface area contributed by atoms with Gasteiger partial charge in [0.2, 0.25) is 0 Å². The second-order valence-corrected chi connectivity index (χ2v) is 9.61. The van der Waals surface area contributed by atoms with Gasteiger partial charge < -0.3 is 15.7 Å². The molecular formula is C30H33F2N3O2. The van der Waals surface area contributed by atoms with E-state index in [4.69, 9.17) is 10.7 Å². The molecule has 5 nitrogen and oxygen atoms in total. The topological polar surface area (TPSA) is 78.9 Å². The number of carbonyl (C=O) groups excluding carboxylic acids is 1. The summed E-state index contributed by atoms with van der Waals surface area (Å²) in [7, 11) is 1.82. The van der Waals surface area contributed by atoms with Crippen LogP contribution in [0.5, 0.6) is 0 Å². The molecule has 7 heteroatoms. The Kier molecular flexibility index (Phi) is 8.46. The van der Waals surface area contributed by atoms with Gasteiger partial charge in [0.1, 0.15) is 23.8 Å². The zero-order chi connectivity index (χ0) is 26.5. The highest BCUT2D eigenvalue weighted by Crippen LogP contribution is 2.31. The van der Waals surface area contributed by atoms with Crippen LogP contribution in [-0.4, -0.2) is 42.0 Å². The van der Waals surface area contributed by atoms with Gasteiger partial charge in [-0.05, 0) is 36.6 Å². The highest BCUT2D eigenvalue weighted by molar-refractivity contribution is 6.17. The maximum atomic E-state index is 14.2. The zero-order valence-corrected chi connectivity index (χ0v) is 21.1. The minimum absolute atomic E-state index is 0.0194. The van der Waals surface area contributed by atoms with Crippen molar-refractivity contribution in [2.75, 3.05) is 11.9 Å². The van der Waals surface area contributed by atoms with Crippen molar-refractivity contribution in [1.82, 2.24) is 0 Å². The monoisotopic (exact) mass is 505 g/mol. The van der Waals surface area contributed by atoms with E-state index in [1.165, 1.54) is 12.1 Å². The Balaban J connectivity index is 1.79. The number of hydrogen-bond donors (Lipinski definition) is 2. The number of carbonyl (C=O) groups is 1. The van der Waals surface area contributed by atoms with E-state index in [9.17, 15) is 18.7 Å². The molecule has 0 fully saturated rings. The Morgan fingerprint density at radius 1 is 1.05 bits per heavy atom. The third-order valence-corrected chi connectivity index (χ3v) is 6.98. The van der Waals surface area contributed by atoms with Crippen molar-refractivity contribution in [1.29, 1.82) is 0 Å². The molecule has 1 aliphatic heterocycles. The quantitative estimate of drug-likeness (QED) is 0.434. The summed E-state index contributed by atoms with van der Waals surface area (Å²) >= 11 is 0. The molecule has 0 saturated carbocycles. The number of fused-ring (bicyclic) bond motifs is 1. The van der Waals surface area contributed by atoms with Crippen molar-refractivity contribution in [2.45, 2.75) is 50.9 Å². The van der Waals surface area contributed by atoms with Crippen molar-refractivity contribution in [3.05, 3.63) is 101 Å². The van der Waals surface area contributed by atoms with Crippen LogP contribution in [0.3, 0.4) is 0 Å². The number of rotatable bonds is 9. The Labute approximate surface area is 216 Å². The molecule has 0 aromatic heterocycles. The molecule has 0 bridgehead atoms. The van der Waals surface area contributed by atoms with Gasteiger partial charge in [-0.2, -0.15) is 0 Å². The number of Topliss-reactive ketones (excluding diaryl/α,β-unsaturated/α-hetero) is 1. The van der Waals surface area contributed by atoms with E-state index in [0.717, 1.165) is 29.3 Å². The largest absolute Gasteiger partial charge is 0.392 e. The average Bonchev–Trinajstić information content (AvgIpc) is 3.00. The van der Waals surface area contributed by atoms with E-state index in [1.807, 2.05) is 73.5 Å². The van der Waals surface area contributed by atoms with Crippen LogP contribution >= 0.6 is 0 Å². The third kappa shape index (κ3) is 5.95. The lowest BCUT2D eigenvalue weighted by Crippen LogP contribution is -2.53. The maximum Gasteiger partial charge on any atom is 0.166 e. The highest BCUT2D eigenvalue weighted by atomic mass is 19.1. The minimum Gasteiger partial charge on any atom is -0.392 e. The van der Waals surface area contributed by atoms with E-state index in [-0.39, 0.29) is 12.2 Å². The molecule has 0 amide bonds. The molecule has 3 aromatic carbocycles. The molecule has 1 aliphatic rings. The van der Waals surface area contributed by atoms with Crippen LogP contribution in [0.25, 0.3) is 0 Å². The summed E-state index contributed by atoms with van der Waals surface area (Å²) < 4.78 is 27.9. The number of nitrogens with two attached hydrogens (primary N) is 1. The molecule has 0 spiro atoms. The summed E-state index contributed by atoms with van der Waals surface area (Å²) in [5.41, 5.74) is 10.1. The minimum atomic E-state index is -1.01. The number of aliphatic hydroxyl groups excluding tert-OH is 1. The van der Waals surface area contributed by atoms with Gasteiger partial charge in [-0.1, -0.05) is 68.3 Å². The molecule has 4 rings (SSSR count). The van der Waals surface area contributed by atoms with Gasteiger partial charge in [0, 0.05) is 29.9 Å². The first kappa shape index (κ1) is 26.6. The van der Waals surface area contributed by atoms with Crippen LogP contribution in [0.15, 0.2) is 77.8 Å². The van der Waals surface area contributed by atoms with Gasteiger partial charge >= 0.3 is 0 Å². The third-order valence-electron chi connectivity index (χ3n) is 6.98. The number of para-hydroxylation sites is 1.